The summed E-state index contributed by atoms with van der Waals surface area (Å²) in [7, 11) is 0. The molecule has 0 saturated heterocycles. The van der Waals surface area contributed by atoms with Gasteiger partial charge in [-0.2, -0.15) is 0 Å². The molecule has 0 aliphatic heterocycles. The number of aliphatic carboxylic acids is 1. The number of carbonyl (C=O) groups is 1. The number of hydrogen-bond acceptors (Lipinski definition) is 1. The molecule has 0 rings (SSSR count). The predicted molar refractivity (Wildman–Crippen MR) is 28.3 cm³/mol. The number of unbranched alkanes of at least 4 members (excludes halogenated alkanes) is 1. The molecule has 0 aromatic rings. The summed E-state index contributed by atoms with van der Waals surface area (Å²) in [5.74, 6) is -0.693. The molecular weight excluding hydrogens is 92.1 g/mol. The molecule has 0 amide bonds. The summed E-state index contributed by atoms with van der Waals surface area (Å²) in [6.07, 6.45) is 2.08. The van der Waals surface area contributed by atoms with E-state index in [1.807, 2.05) is 6.92 Å². The number of hydrogen-bond donors (Lipinski definition) is 1. The van der Waals surface area contributed by atoms with Crippen LogP contribution in [0.4, 0.5) is 0 Å². The third-order valence-corrected chi connectivity index (χ3v) is 0.744. The SMILES string of the molecule is CCCCC(=O)O.[H+]. The van der Waals surface area contributed by atoms with Crippen molar-refractivity contribution in [3.8, 4) is 0 Å². The minimum atomic E-state index is -0.693. The van der Waals surface area contributed by atoms with Crippen LogP contribution in [0.2, 0.25) is 0 Å². The van der Waals surface area contributed by atoms with Gasteiger partial charge < -0.3 is 5.11 Å². The van der Waals surface area contributed by atoms with E-state index < -0.39 is 5.97 Å². The van der Waals surface area contributed by atoms with E-state index in [1.165, 1.54) is 0 Å². The van der Waals surface area contributed by atoms with Gasteiger partial charge in [0.05, 0.1) is 0 Å². The Kier molecular flexibility index (Phi) is 3.38. The Balaban J connectivity index is 0. The van der Waals surface area contributed by atoms with Crippen molar-refractivity contribution in [3.05, 3.63) is 0 Å². The Labute approximate surface area is 44.6 Å². The molecule has 0 heterocycles. The van der Waals surface area contributed by atoms with Crippen LogP contribution >= 0.6 is 0 Å². The van der Waals surface area contributed by atoms with Crippen LogP contribution in [0.5, 0.6) is 0 Å². The normalized spacial score (nSPS) is 8.71. The van der Waals surface area contributed by atoms with Gasteiger partial charge in [0.2, 0.25) is 0 Å². The summed E-state index contributed by atoms with van der Waals surface area (Å²) in [5, 5.41) is 8.04. The van der Waals surface area contributed by atoms with Crippen molar-refractivity contribution in [2.45, 2.75) is 26.2 Å². The summed E-state index contributed by atoms with van der Waals surface area (Å²) >= 11 is 0. The molecule has 2 nitrogen and oxygen atoms in total. The third kappa shape index (κ3) is 5.47. The molecule has 0 aromatic carbocycles. The monoisotopic (exact) mass is 103 g/mol. The summed E-state index contributed by atoms with van der Waals surface area (Å²) in [6.45, 7) is 1.98. The van der Waals surface area contributed by atoms with Gasteiger partial charge in [-0.1, -0.05) is 13.3 Å². The molecule has 0 aliphatic rings. The van der Waals surface area contributed by atoms with Gasteiger partial charge in [0.25, 0.3) is 0 Å². The first-order valence-electron chi connectivity index (χ1n) is 2.49. The molecule has 42 valence electrons. The van der Waals surface area contributed by atoms with Crippen LogP contribution in [0.3, 0.4) is 0 Å². The van der Waals surface area contributed by atoms with Crippen LogP contribution < -0.4 is 0 Å². The molecule has 0 atom stereocenters. The van der Waals surface area contributed by atoms with Crippen molar-refractivity contribution in [3.63, 3.8) is 0 Å². The molecule has 0 radical (unpaired) electrons. The largest absolute Gasteiger partial charge is 1.00 e. The third-order valence-electron chi connectivity index (χ3n) is 0.744. The number of carboxylic acid groups (broad SMARTS) is 1. The van der Waals surface area contributed by atoms with E-state index in [0.717, 1.165) is 12.8 Å². The van der Waals surface area contributed by atoms with Gasteiger partial charge in [0.15, 0.2) is 0 Å². The van der Waals surface area contributed by atoms with Crippen LogP contribution in [-0.4, -0.2) is 11.1 Å². The molecule has 0 bridgehead atoms. The van der Waals surface area contributed by atoms with E-state index >= 15 is 0 Å². The summed E-state index contributed by atoms with van der Waals surface area (Å²) in [5.41, 5.74) is 0. The Morgan fingerprint density at radius 2 is 2.43 bits per heavy atom. The maximum atomic E-state index is 9.76. The zero-order valence-corrected chi connectivity index (χ0v) is 4.48. The zero-order chi connectivity index (χ0) is 5.70. The van der Waals surface area contributed by atoms with Crippen molar-refractivity contribution in [1.82, 2.24) is 0 Å². The molecule has 1 N–H and O–H groups in total. The fraction of sp³-hybridized carbons (Fsp3) is 0.800. The number of carboxylic acids is 1. The Bertz CT molecular complexity index is 63.4. The van der Waals surface area contributed by atoms with Crippen LogP contribution in [0.1, 0.15) is 27.6 Å². The Morgan fingerprint density at radius 1 is 1.86 bits per heavy atom. The Morgan fingerprint density at radius 3 is 2.57 bits per heavy atom. The van der Waals surface area contributed by atoms with Crippen LogP contribution in [0, 0.1) is 0 Å². The van der Waals surface area contributed by atoms with Gasteiger partial charge >= 0.3 is 7.40 Å². The second kappa shape index (κ2) is 3.65. The smallest absolute Gasteiger partial charge is 0.481 e. The lowest BCUT2D eigenvalue weighted by molar-refractivity contribution is -0.137. The average molecular weight is 103 g/mol. The van der Waals surface area contributed by atoms with Gasteiger partial charge in [-0.25, -0.2) is 0 Å². The first kappa shape index (κ1) is 6.47. The van der Waals surface area contributed by atoms with E-state index in [4.69, 9.17) is 5.11 Å². The molecule has 7 heavy (non-hydrogen) atoms. The minimum absolute atomic E-state index is 0. The lowest BCUT2D eigenvalue weighted by Gasteiger charge is -1.85. The molecule has 0 unspecified atom stereocenters. The molecule has 2 heteroatoms. The molecule has 0 spiro atoms. The first-order valence-corrected chi connectivity index (χ1v) is 2.49. The van der Waals surface area contributed by atoms with Gasteiger partial charge in [0.1, 0.15) is 0 Å². The summed E-state index contributed by atoms with van der Waals surface area (Å²) in [6, 6.07) is 0. The highest BCUT2D eigenvalue weighted by atomic mass is 16.4. The van der Waals surface area contributed by atoms with E-state index in [-0.39, 0.29) is 1.43 Å². The molecule has 0 saturated carbocycles. The van der Waals surface area contributed by atoms with E-state index in [9.17, 15) is 4.79 Å². The standard InChI is InChI=1S/C5H10O2/c1-2-3-4-5(6)7/h2-4H2,1H3,(H,6,7)/p+1. The van der Waals surface area contributed by atoms with Crippen molar-refractivity contribution in [2.75, 3.05) is 0 Å². The van der Waals surface area contributed by atoms with Gasteiger partial charge in [-0.05, 0) is 6.42 Å². The van der Waals surface area contributed by atoms with E-state index in [2.05, 4.69) is 0 Å². The first-order chi connectivity index (χ1) is 3.27. The maximum Gasteiger partial charge on any atom is 1.00 e. The average Bonchev–Trinajstić information content (AvgIpc) is 1.61. The molecule has 0 aromatic heterocycles. The van der Waals surface area contributed by atoms with Crippen molar-refractivity contribution in [2.24, 2.45) is 0 Å². The quantitative estimate of drug-likeness (QED) is 0.585. The second-order valence-electron chi connectivity index (χ2n) is 1.50. The maximum absolute atomic E-state index is 9.76. The van der Waals surface area contributed by atoms with Crippen molar-refractivity contribution < 1.29 is 11.3 Å². The summed E-state index contributed by atoms with van der Waals surface area (Å²) in [4.78, 5) is 9.76. The van der Waals surface area contributed by atoms with E-state index in [0.29, 0.717) is 6.42 Å². The fourth-order valence-electron chi connectivity index (χ4n) is 0.328. The van der Waals surface area contributed by atoms with Crippen molar-refractivity contribution >= 4 is 5.97 Å². The lowest BCUT2D eigenvalue weighted by Crippen LogP contribution is -1.91. The Hall–Kier alpha value is -0.530. The highest BCUT2D eigenvalue weighted by Crippen LogP contribution is 1.91. The number of rotatable bonds is 3. The summed E-state index contributed by atoms with van der Waals surface area (Å²) < 4.78 is 0. The van der Waals surface area contributed by atoms with Crippen molar-refractivity contribution in [1.29, 1.82) is 0 Å². The van der Waals surface area contributed by atoms with E-state index in [1.54, 1.807) is 0 Å². The second-order valence-corrected chi connectivity index (χ2v) is 1.50. The predicted octanol–water partition coefficient (Wildman–Crippen LogP) is 1.37. The highest BCUT2D eigenvalue weighted by Gasteiger charge is 1.90. The van der Waals surface area contributed by atoms with Gasteiger partial charge in [-0.15, -0.1) is 0 Å². The highest BCUT2D eigenvalue weighted by molar-refractivity contribution is 5.66. The molecule has 0 aliphatic carbocycles. The van der Waals surface area contributed by atoms with Gasteiger partial charge in [0, 0.05) is 6.42 Å². The van der Waals surface area contributed by atoms with Gasteiger partial charge in [-0.3, -0.25) is 4.79 Å². The zero-order valence-electron chi connectivity index (χ0n) is 5.48. The van der Waals surface area contributed by atoms with Crippen LogP contribution in [-0.2, 0) is 4.79 Å². The fourth-order valence-corrected chi connectivity index (χ4v) is 0.328. The van der Waals surface area contributed by atoms with Crippen LogP contribution in [0.25, 0.3) is 0 Å². The topological polar surface area (TPSA) is 37.3 Å². The minimum Gasteiger partial charge on any atom is -0.481 e. The molecular formula is C5H11O2+. The molecule has 0 fully saturated rings. The van der Waals surface area contributed by atoms with Crippen LogP contribution in [0.15, 0.2) is 0 Å². The lowest BCUT2D eigenvalue weighted by atomic mass is 10.3.